The van der Waals surface area contributed by atoms with Crippen LogP contribution >= 0.6 is 0 Å². The summed E-state index contributed by atoms with van der Waals surface area (Å²) in [6.07, 6.45) is 0. The van der Waals surface area contributed by atoms with E-state index in [1.165, 1.54) is 18.2 Å². The van der Waals surface area contributed by atoms with Crippen LogP contribution in [0, 0.1) is 11.6 Å². The Hall–Kier alpha value is -2.14. The lowest BCUT2D eigenvalue weighted by Crippen LogP contribution is -2.09. The van der Waals surface area contributed by atoms with Gasteiger partial charge in [-0.2, -0.15) is 0 Å². The normalized spacial score (nSPS) is 10.5. The zero-order chi connectivity index (χ0) is 15.2. The predicted molar refractivity (Wildman–Crippen MR) is 76.4 cm³/mol. The largest absolute Gasteiger partial charge is 0.497 e. The second-order valence-electron chi connectivity index (χ2n) is 4.49. The molecular weight excluding hydrogens is 276 g/mol. The van der Waals surface area contributed by atoms with Gasteiger partial charge in [0.1, 0.15) is 29.7 Å². The van der Waals surface area contributed by atoms with Crippen LogP contribution in [-0.4, -0.2) is 14.2 Å². The maximum atomic E-state index is 13.6. The summed E-state index contributed by atoms with van der Waals surface area (Å²) in [5, 5.41) is 3.01. The molecule has 0 aliphatic rings. The van der Waals surface area contributed by atoms with E-state index in [-0.39, 0.29) is 12.2 Å². The Labute approximate surface area is 122 Å². The molecule has 0 radical (unpaired) electrons. The molecular formula is C16H17F2NO2. The molecule has 0 atom stereocenters. The smallest absolute Gasteiger partial charge is 0.132 e. The van der Waals surface area contributed by atoms with Crippen LogP contribution in [0.5, 0.6) is 11.5 Å². The van der Waals surface area contributed by atoms with E-state index >= 15 is 0 Å². The summed E-state index contributed by atoms with van der Waals surface area (Å²) in [6.45, 7) is 0.404. The second kappa shape index (κ2) is 7.04. The van der Waals surface area contributed by atoms with E-state index in [9.17, 15) is 8.78 Å². The zero-order valence-electron chi connectivity index (χ0n) is 12.0. The van der Waals surface area contributed by atoms with Crippen molar-refractivity contribution in [2.45, 2.75) is 13.2 Å². The number of hydrogen-bond donors (Lipinski definition) is 1. The van der Waals surface area contributed by atoms with Crippen molar-refractivity contribution in [3.8, 4) is 11.5 Å². The highest BCUT2D eigenvalue weighted by Crippen LogP contribution is 2.26. The lowest BCUT2D eigenvalue weighted by atomic mass is 10.1. The minimum Gasteiger partial charge on any atom is -0.497 e. The Kier molecular flexibility index (Phi) is 5.11. The number of halogens is 2. The van der Waals surface area contributed by atoms with E-state index in [1.807, 2.05) is 19.2 Å². The fourth-order valence-electron chi connectivity index (χ4n) is 1.95. The number of nitrogens with one attached hydrogen (secondary N) is 1. The van der Waals surface area contributed by atoms with Crippen LogP contribution in [0.2, 0.25) is 0 Å². The van der Waals surface area contributed by atoms with E-state index in [4.69, 9.17) is 9.47 Å². The van der Waals surface area contributed by atoms with E-state index in [0.717, 1.165) is 5.56 Å². The topological polar surface area (TPSA) is 30.5 Å². The Bertz CT molecular complexity index is 597. The van der Waals surface area contributed by atoms with E-state index in [2.05, 4.69) is 5.32 Å². The molecule has 0 fully saturated rings. The molecule has 0 unspecified atom stereocenters. The molecule has 2 rings (SSSR count). The summed E-state index contributed by atoms with van der Waals surface area (Å²) < 4.78 is 37.9. The SMILES string of the molecule is CNCc1ccc(OC)cc1OCc1c(F)cccc1F. The van der Waals surface area contributed by atoms with Crippen molar-refractivity contribution < 1.29 is 18.3 Å². The highest BCUT2D eigenvalue weighted by atomic mass is 19.1. The first-order chi connectivity index (χ1) is 10.2. The van der Waals surface area contributed by atoms with Gasteiger partial charge in [0.15, 0.2) is 0 Å². The van der Waals surface area contributed by atoms with Gasteiger partial charge in [-0.25, -0.2) is 8.78 Å². The molecule has 2 aromatic rings. The van der Waals surface area contributed by atoms with Crippen molar-refractivity contribution in [1.29, 1.82) is 0 Å². The van der Waals surface area contributed by atoms with Crippen LogP contribution in [0.1, 0.15) is 11.1 Å². The van der Waals surface area contributed by atoms with Gasteiger partial charge in [0.2, 0.25) is 0 Å². The average molecular weight is 293 g/mol. The molecule has 2 aromatic carbocycles. The molecule has 0 spiro atoms. The molecule has 0 heterocycles. The Morgan fingerprint density at radius 3 is 2.43 bits per heavy atom. The van der Waals surface area contributed by atoms with Gasteiger partial charge < -0.3 is 14.8 Å². The molecule has 21 heavy (non-hydrogen) atoms. The molecule has 3 nitrogen and oxygen atoms in total. The summed E-state index contributed by atoms with van der Waals surface area (Å²) in [7, 11) is 3.36. The molecule has 112 valence electrons. The quantitative estimate of drug-likeness (QED) is 0.886. The monoisotopic (exact) mass is 293 g/mol. The molecule has 0 aliphatic carbocycles. The Morgan fingerprint density at radius 2 is 1.81 bits per heavy atom. The third-order valence-electron chi connectivity index (χ3n) is 3.08. The van der Waals surface area contributed by atoms with Gasteiger partial charge in [0.25, 0.3) is 0 Å². The van der Waals surface area contributed by atoms with Gasteiger partial charge in [0, 0.05) is 18.2 Å². The van der Waals surface area contributed by atoms with E-state index in [1.54, 1.807) is 13.2 Å². The number of methoxy groups -OCH3 is 1. The lowest BCUT2D eigenvalue weighted by molar-refractivity contribution is 0.287. The van der Waals surface area contributed by atoms with Crippen molar-refractivity contribution in [3.63, 3.8) is 0 Å². The number of ether oxygens (including phenoxy) is 2. The molecule has 0 amide bonds. The van der Waals surface area contributed by atoms with Crippen molar-refractivity contribution in [2.75, 3.05) is 14.2 Å². The van der Waals surface area contributed by atoms with Crippen molar-refractivity contribution in [3.05, 3.63) is 59.2 Å². The molecule has 1 N–H and O–H groups in total. The highest BCUT2D eigenvalue weighted by molar-refractivity contribution is 5.41. The zero-order valence-corrected chi connectivity index (χ0v) is 12.0. The van der Waals surface area contributed by atoms with Crippen molar-refractivity contribution >= 4 is 0 Å². The average Bonchev–Trinajstić information content (AvgIpc) is 2.48. The maximum Gasteiger partial charge on any atom is 0.132 e. The molecule has 0 aliphatic heterocycles. The molecule has 5 heteroatoms. The summed E-state index contributed by atoms with van der Waals surface area (Å²) in [5.41, 5.74) is 0.797. The summed E-state index contributed by atoms with van der Waals surface area (Å²) in [5.74, 6) is -0.0775. The third-order valence-corrected chi connectivity index (χ3v) is 3.08. The minimum absolute atomic E-state index is 0.0873. The number of hydrogen-bond acceptors (Lipinski definition) is 3. The van der Waals surface area contributed by atoms with Gasteiger partial charge in [-0.1, -0.05) is 12.1 Å². The molecule has 0 saturated heterocycles. The Morgan fingerprint density at radius 1 is 1.10 bits per heavy atom. The van der Waals surface area contributed by atoms with Crippen molar-refractivity contribution in [2.24, 2.45) is 0 Å². The van der Waals surface area contributed by atoms with Gasteiger partial charge >= 0.3 is 0 Å². The fraction of sp³-hybridized carbons (Fsp3) is 0.250. The molecule has 0 aromatic heterocycles. The van der Waals surface area contributed by atoms with Gasteiger partial charge in [0.05, 0.1) is 12.7 Å². The first kappa shape index (κ1) is 15.3. The lowest BCUT2D eigenvalue weighted by Gasteiger charge is -2.13. The van der Waals surface area contributed by atoms with Crippen LogP contribution in [0.4, 0.5) is 8.78 Å². The molecule has 0 bridgehead atoms. The maximum absolute atomic E-state index is 13.6. The highest BCUT2D eigenvalue weighted by Gasteiger charge is 2.11. The standard InChI is InChI=1S/C16H17F2NO2/c1-19-9-11-6-7-12(20-2)8-16(11)21-10-13-14(17)4-3-5-15(13)18/h3-8,19H,9-10H2,1-2H3. The van der Waals surface area contributed by atoms with Crippen LogP contribution < -0.4 is 14.8 Å². The summed E-state index contributed by atoms with van der Waals surface area (Å²) in [4.78, 5) is 0. The van der Waals surface area contributed by atoms with E-state index < -0.39 is 11.6 Å². The number of benzene rings is 2. The van der Waals surface area contributed by atoms with Gasteiger partial charge in [-0.15, -0.1) is 0 Å². The minimum atomic E-state index is -0.618. The fourth-order valence-corrected chi connectivity index (χ4v) is 1.95. The van der Waals surface area contributed by atoms with Gasteiger partial charge in [-0.3, -0.25) is 0 Å². The van der Waals surface area contributed by atoms with Crippen LogP contribution in [0.25, 0.3) is 0 Å². The molecule has 0 saturated carbocycles. The van der Waals surface area contributed by atoms with Crippen LogP contribution in [-0.2, 0) is 13.2 Å². The first-order valence-electron chi connectivity index (χ1n) is 6.53. The van der Waals surface area contributed by atoms with E-state index in [0.29, 0.717) is 18.0 Å². The second-order valence-corrected chi connectivity index (χ2v) is 4.49. The van der Waals surface area contributed by atoms with Crippen molar-refractivity contribution in [1.82, 2.24) is 5.32 Å². The first-order valence-corrected chi connectivity index (χ1v) is 6.53. The van der Waals surface area contributed by atoms with Gasteiger partial charge in [-0.05, 0) is 25.2 Å². The summed E-state index contributed by atoms with van der Waals surface area (Å²) >= 11 is 0. The third kappa shape index (κ3) is 3.70. The van der Waals surface area contributed by atoms with Crippen LogP contribution in [0.15, 0.2) is 36.4 Å². The Balaban J connectivity index is 2.22. The summed E-state index contributed by atoms with van der Waals surface area (Å²) in [6, 6.07) is 9.10. The van der Waals surface area contributed by atoms with Crippen LogP contribution in [0.3, 0.4) is 0 Å². The predicted octanol–water partition coefficient (Wildman–Crippen LogP) is 3.27. The number of rotatable bonds is 6.